The van der Waals surface area contributed by atoms with Crippen LogP contribution in [0.4, 0.5) is 5.82 Å². The van der Waals surface area contributed by atoms with Gasteiger partial charge in [0, 0.05) is 24.8 Å². The molecule has 0 aliphatic rings. The summed E-state index contributed by atoms with van der Waals surface area (Å²) in [5.41, 5.74) is 6.54. The average Bonchev–Trinajstić information content (AvgIpc) is 2.45. The molecule has 0 amide bonds. The molecule has 0 aromatic carbocycles. The standard InChI is InChI=1S/C15H26N4O2/c1-6-7-19(10-15(3,4)9-16)12-8-11(2)17-13(18-12)14(20)21-5/h8H,6-7,9-10,16H2,1-5H3. The maximum Gasteiger partial charge on any atom is 0.376 e. The summed E-state index contributed by atoms with van der Waals surface area (Å²) in [6.45, 7) is 10.4. The van der Waals surface area contributed by atoms with Gasteiger partial charge in [-0.1, -0.05) is 20.8 Å². The highest BCUT2D eigenvalue weighted by molar-refractivity contribution is 5.85. The molecule has 6 nitrogen and oxygen atoms in total. The van der Waals surface area contributed by atoms with Crippen molar-refractivity contribution in [1.82, 2.24) is 9.97 Å². The number of aryl methyl sites for hydroxylation is 1. The van der Waals surface area contributed by atoms with E-state index in [4.69, 9.17) is 10.5 Å². The van der Waals surface area contributed by atoms with Crippen molar-refractivity contribution < 1.29 is 9.53 Å². The molecular formula is C15H26N4O2. The first-order valence-electron chi connectivity index (χ1n) is 7.22. The van der Waals surface area contributed by atoms with Crippen LogP contribution >= 0.6 is 0 Å². The van der Waals surface area contributed by atoms with Crippen LogP contribution in [-0.4, -0.2) is 42.7 Å². The van der Waals surface area contributed by atoms with Gasteiger partial charge in [0.15, 0.2) is 0 Å². The number of carbonyl (C=O) groups excluding carboxylic acids is 1. The quantitative estimate of drug-likeness (QED) is 0.772. The number of hydrogen-bond acceptors (Lipinski definition) is 6. The Bertz CT molecular complexity index is 489. The second-order valence-corrected chi connectivity index (χ2v) is 5.97. The third kappa shape index (κ3) is 4.97. The molecule has 1 heterocycles. The number of aromatic nitrogens is 2. The van der Waals surface area contributed by atoms with Gasteiger partial charge in [-0.15, -0.1) is 0 Å². The molecule has 0 aliphatic heterocycles. The van der Waals surface area contributed by atoms with Gasteiger partial charge in [0.25, 0.3) is 0 Å². The second kappa shape index (κ2) is 7.36. The minimum Gasteiger partial charge on any atom is -0.463 e. The van der Waals surface area contributed by atoms with Crippen LogP contribution in [0.3, 0.4) is 0 Å². The lowest BCUT2D eigenvalue weighted by molar-refractivity contribution is 0.0586. The van der Waals surface area contributed by atoms with E-state index in [1.165, 1.54) is 7.11 Å². The Morgan fingerprint density at radius 1 is 1.43 bits per heavy atom. The lowest BCUT2D eigenvalue weighted by Crippen LogP contribution is -2.40. The molecule has 6 heteroatoms. The summed E-state index contributed by atoms with van der Waals surface area (Å²) >= 11 is 0. The van der Waals surface area contributed by atoms with Crippen LogP contribution in [-0.2, 0) is 4.74 Å². The highest BCUT2D eigenvalue weighted by Crippen LogP contribution is 2.21. The molecule has 1 aromatic heterocycles. The van der Waals surface area contributed by atoms with Gasteiger partial charge in [0.1, 0.15) is 5.82 Å². The maximum atomic E-state index is 11.7. The molecule has 0 aliphatic carbocycles. The molecule has 0 saturated heterocycles. The van der Waals surface area contributed by atoms with Gasteiger partial charge >= 0.3 is 5.97 Å². The Morgan fingerprint density at radius 2 is 2.10 bits per heavy atom. The van der Waals surface area contributed by atoms with E-state index in [0.29, 0.717) is 6.54 Å². The van der Waals surface area contributed by atoms with Crippen LogP contribution in [0, 0.1) is 12.3 Å². The SMILES string of the molecule is CCCN(CC(C)(C)CN)c1cc(C)nc(C(=O)OC)n1. The minimum atomic E-state index is -0.519. The number of anilines is 1. The fourth-order valence-electron chi connectivity index (χ4n) is 2.02. The van der Waals surface area contributed by atoms with Crippen molar-refractivity contribution in [3.63, 3.8) is 0 Å². The third-order valence-corrected chi connectivity index (χ3v) is 3.20. The molecule has 0 bridgehead atoms. The average molecular weight is 294 g/mol. The summed E-state index contributed by atoms with van der Waals surface area (Å²) < 4.78 is 4.71. The monoisotopic (exact) mass is 294 g/mol. The Morgan fingerprint density at radius 3 is 2.62 bits per heavy atom. The van der Waals surface area contributed by atoms with Gasteiger partial charge in [-0.3, -0.25) is 0 Å². The molecule has 1 aromatic rings. The first-order valence-corrected chi connectivity index (χ1v) is 7.22. The van der Waals surface area contributed by atoms with E-state index in [9.17, 15) is 4.79 Å². The largest absolute Gasteiger partial charge is 0.463 e. The van der Waals surface area contributed by atoms with Crippen LogP contribution in [0.1, 0.15) is 43.5 Å². The molecule has 0 radical (unpaired) electrons. The number of esters is 1. The third-order valence-electron chi connectivity index (χ3n) is 3.20. The molecule has 0 saturated carbocycles. The second-order valence-electron chi connectivity index (χ2n) is 5.97. The van der Waals surface area contributed by atoms with Crippen molar-refractivity contribution in [1.29, 1.82) is 0 Å². The highest BCUT2D eigenvalue weighted by atomic mass is 16.5. The van der Waals surface area contributed by atoms with E-state index in [1.807, 2.05) is 13.0 Å². The van der Waals surface area contributed by atoms with Crippen LogP contribution in [0.25, 0.3) is 0 Å². The van der Waals surface area contributed by atoms with E-state index in [2.05, 4.69) is 35.6 Å². The van der Waals surface area contributed by atoms with Crippen LogP contribution in [0.15, 0.2) is 6.07 Å². The van der Waals surface area contributed by atoms with Crippen molar-refractivity contribution in [2.45, 2.75) is 34.1 Å². The zero-order valence-corrected chi connectivity index (χ0v) is 13.6. The van der Waals surface area contributed by atoms with E-state index >= 15 is 0 Å². The van der Waals surface area contributed by atoms with Crippen molar-refractivity contribution >= 4 is 11.8 Å². The molecule has 118 valence electrons. The molecule has 1 rings (SSSR count). The number of nitrogens with zero attached hydrogens (tertiary/aromatic N) is 3. The zero-order chi connectivity index (χ0) is 16.0. The summed E-state index contributed by atoms with van der Waals surface area (Å²) in [7, 11) is 1.33. The van der Waals surface area contributed by atoms with Crippen LogP contribution < -0.4 is 10.6 Å². The number of ether oxygens (including phenoxy) is 1. The van der Waals surface area contributed by atoms with Crippen molar-refractivity contribution in [3.8, 4) is 0 Å². The van der Waals surface area contributed by atoms with Gasteiger partial charge in [-0.05, 0) is 25.3 Å². The van der Waals surface area contributed by atoms with Crippen molar-refractivity contribution in [2.75, 3.05) is 31.6 Å². The normalized spacial score (nSPS) is 11.3. The predicted octanol–water partition coefficient (Wildman–Crippen LogP) is 1.77. The van der Waals surface area contributed by atoms with E-state index in [1.54, 1.807) is 0 Å². The summed E-state index contributed by atoms with van der Waals surface area (Å²) in [6.07, 6.45) is 0.983. The Labute approximate surface area is 126 Å². The Balaban J connectivity index is 3.13. The fraction of sp³-hybridized carbons (Fsp3) is 0.667. The number of nitrogens with two attached hydrogens (primary N) is 1. The molecule has 0 fully saturated rings. The maximum absolute atomic E-state index is 11.7. The van der Waals surface area contributed by atoms with Gasteiger partial charge in [0.05, 0.1) is 7.11 Å². The fourth-order valence-corrected chi connectivity index (χ4v) is 2.02. The van der Waals surface area contributed by atoms with Crippen molar-refractivity contribution in [3.05, 3.63) is 17.6 Å². The number of methoxy groups -OCH3 is 1. The lowest BCUT2D eigenvalue weighted by Gasteiger charge is -2.32. The summed E-state index contributed by atoms with van der Waals surface area (Å²) in [5.74, 6) is 0.319. The first-order chi connectivity index (χ1) is 9.82. The molecule has 0 atom stereocenters. The first kappa shape index (κ1) is 17.4. The summed E-state index contributed by atoms with van der Waals surface area (Å²) in [4.78, 5) is 22.3. The van der Waals surface area contributed by atoms with Gasteiger partial charge in [-0.25, -0.2) is 14.8 Å². The number of carbonyl (C=O) groups is 1. The van der Waals surface area contributed by atoms with E-state index in [-0.39, 0.29) is 11.2 Å². The van der Waals surface area contributed by atoms with E-state index < -0.39 is 5.97 Å². The Hall–Kier alpha value is -1.69. The summed E-state index contributed by atoms with van der Waals surface area (Å²) in [6, 6.07) is 1.88. The highest BCUT2D eigenvalue weighted by Gasteiger charge is 2.22. The van der Waals surface area contributed by atoms with Crippen LogP contribution in [0.2, 0.25) is 0 Å². The Kier molecular flexibility index (Phi) is 6.08. The minimum absolute atomic E-state index is 0.0283. The molecule has 21 heavy (non-hydrogen) atoms. The van der Waals surface area contributed by atoms with Gasteiger partial charge < -0.3 is 15.4 Å². The summed E-state index contributed by atoms with van der Waals surface area (Å²) in [5, 5.41) is 0. The number of hydrogen-bond donors (Lipinski definition) is 1. The van der Waals surface area contributed by atoms with E-state index in [0.717, 1.165) is 31.0 Å². The topological polar surface area (TPSA) is 81.3 Å². The smallest absolute Gasteiger partial charge is 0.376 e. The molecule has 0 spiro atoms. The molecular weight excluding hydrogens is 268 g/mol. The predicted molar refractivity (Wildman–Crippen MR) is 83.4 cm³/mol. The van der Waals surface area contributed by atoms with Gasteiger partial charge in [-0.2, -0.15) is 0 Å². The zero-order valence-electron chi connectivity index (χ0n) is 13.6. The lowest BCUT2D eigenvalue weighted by atomic mass is 9.93. The molecule has 0 unspecified atom stereocenters. The van der Waals surface area contributed by atoms with Crippen molar-refractivity contribution in [2.24, 2.45) is 11.1 Å². The molecule has 2 N–H and O–H groups in total. The van der Waals surface area contributed by atoms with Gasteiger partial charge in [0.2, 0.25) is 5.82 Å². The number of rotatable bonds is 7. The van der Waals surface area contributed by atoms with Crippen LogP contribution in [0.5, 0.6) is 0 Å².